The van der Waals surface area contributed by atoms with Crippen molar-refractivity contribution in [2.24, 2.45) is 0 Å². The molecule has 4 N–H and O–H groups in total. The summed E-state index contributed by atoms with van der Waals surface area (Å²) in [5.41, 5.74) is 3.25. The van der Waals surface area contributed by atoms with E-state index in [1.807, 2.05) is 36.2 Å². The smallest absolute Gasteiger partial charge is 0.737 e. The first-order valence-corrected chi connectivity index (χ1v) is 24.6. The number of urea groups is 1. The van der Waals surface area contributed by atoms with E-state index < -0.39 is 83.1 Å². The lowest BCUT2D eigenvalue weighted by molar-refractivity contribution is -0.870. The van der Waals surface area contributed by atoms with Gasteiger partial charge in [-0.25, -0.2) is 22.8 Å². The zero-order chi connectivity index (χ0) is 52.8. The Morgan fingerprint density at radius 2 is 1.57 bits per heavy atom. The number of carboxylic acid groups (broad SMARTS) is 1. The molecule has 1 unspecified atom stereocenters. The number of hydrogen-bond donors (Lipinski definition) is 4. The number of nitrogens with zero attached hydrogens (tertiary/aromatic N) is 5. The van der Waals surface area contributed by atoms with Crippen molar-refractivity contribution in [2.45, 2.75) is 116 Å². The number of likely N-dealkylation sites (N-methyl/N-ethyl adjacent to an activating group) is 1. The van der Waals surface area contributed by atoms with Crippen molar-refractivity contribution >= 4 is 70.5 Å². The molecule has 0 aliphatic carbocycles. The monoisotopic (exact) mass is 1020 g/mol. The summed E-state index contributed by atoms with van der Waals surface area (Å²) < 4.78 is 103. The maximum Gasteiger partial charge on any atom is 0.737 e. The number of aromatic nitrogens is 1. The molecule has 0 radical (unpaired) electrons. The van der Waals surface area contributed by atoms with Crippen LogP contribution in [-0.2, 0) is 56.6 Å². The number of imide groups is 2. The lowest BCUT2D eigenvalue weighted by atomic mass is 9.88. The molecule has 6 amide bonds. The van der Waals surface area contributed by atoms with Gasteiger partial charge in [0.15, 0.2) is 5.70 Å². The van der Waals surface area contributed by atoms with Gasteiger partial charge >= 0.3 is 31.1 Å². The van der Waals surface area contributed by atoms with E-state index in [-0.39, 0.29) is 37.9 Å². The third-order valence-corrected chi connectivity index (χ3v) is 11.9. The number of aryl methyl sites for hydroxylation is 2. The molecule has 1 fully saturated rings. The number of carbonyl (C=O) groups excluding carboxylic acids is 6. The minimum Gasteiger partial charge on any atom is -0.748 e. The van der Waals surface area contributed by atoms with E-state index in [1.54, 1.807) is 13.1 Å². The van der Waals surface area contributed by atoms with E-state index in [9.17, 15) is 54.9 Å². The minimum atomic E-state index is -5.08. The fourth-order valence-corrected chi connectivity index (χ4v) is 8.56. The van der Waals surface area contributed by atoms with Gasteiger partial charge < -0.3 is 52.1 Å². The molecule has 1 atom stereocenters. The molecule has 3 aliphatic rings. The number of carbonyl (C=O) groups is 7. The largest absolute Gasteiger partial charge is 0.748 e. The number of unbranched alkanes of at least 4 members (excludes halogenated alkanes) is 2. The molecule has 0 bridgehead atoms. The van der Waals surface area contributed by atoms with Crippen LogP contribution in [0.15, 0.2) is 23.4 Å². The molecule has 20 nitrogen and oxygen atoms in total. The van der Waals surface area contributed by atoms with Gasteiger partial charge in [0.05, 0.1) is 43.6 Å². The predicted molar refractivity (Wildman–Crippen MR) is 243 cm³/mol. The van der Waals surface area contributed by atoms with E-state index >= 15 is 8.63 Å². The summed E-state index contributed by atoms with van der Waals surface area (Å²) in [7, 11) is 2.89. The zero-order valence-electron chi connectivity index (χ0n) is 40.3. The third kappa shape index (κ3) is 18.0. The minimum absolute atomic E-state index is 0.00449. The van der Waals surface area contributed by atoms with Crippen LogP contribution < -0.4 is 16.0 Å². The maximum atomic E-state index is 16.9. The van der Waals surface area contributed by atoms with Crippen LogP contribution in [-0.4, -0.2) is 168 Å². The number of aliphatic carboxylic acids is 1. The highest BCUT2D eigenvalue weighted by atomic mass is 32.2. The van der Waals surface area contributed by atoms with E-state index in [4.69, 9.17) is 14.7 Å². The molecule has 3 aliphatic heterocycles. The summed E-state index contributed by atoms with van der Waals surface area (Å²) in [6.45, 7) is 1.24. The Labute approximate surface area is 403 Å². The summed E-state index contributed by atoms with van der Waals surface area (Å²) in [5.74, 6) is -7.70. The molecular weight excluding hydrogens is 958 g/mol. The van der Waals surface area contributed by atoms with Crippen molar-refractivity contribution in [3.8, 4) is 0 Å². The average Bonchev–Trinajstić information content (AvgIpc) is 3.88. The van der Waals surface area contributed by atoms with Gasteiger partial charge in [0.2, 0.25) is 11.8 Å². The number of fused-ring (bicyclic) bond motifs is 2. The molecule has 0 aromatic carbocycles. The van der Waals surface area contributed by atoms with Crippen LogP contribution in [0.2, 0.25) is 0 Å². The first-order chi connectivity index (χ1) is 32.5. The molecule has 1 saturated heterocycles. The summed E-state index contributed by atoms with van der Waals surface area (Å²) in [4.78, 5) is 89.6. The highest BCUT2D eigenvalue weighted by Gasteiger charge is 2.54. The number of alkyl halides is 3. The summed E-state index contributed by atoms with van der Waals surface area (Å²) in [6, 6.07) is -1.19. The van der Waals surface area contributed by atoms with Gasteiger partial charge in [-0.05, 0) is 63.0 Å². The molecule has 0 saturated carbocycles. The number of hydrogen-bond acceptors (Lipinski definition) is 12. The molecule has 4 heterocycles. The predicted octanol–water partition coefficient (Wildman–Crippen LogP) is 3.22. The van der Waals surface area contributed by atoms with Crippen LogP contribution in [0, 0.1) is 0 Å². The highest BCUT2D eigenvalue weighted by Crippen LogP contribution is 2.39. The Bertz CT molecular complexity index is 2310. The summed E-state index contributed by atoms with van der Waals surface area (Å²) in [6.07, 6.45) is 3.44. The van der Waals surface area contributed by atoms with Crippen LogP contribution in [0.25, 0.3) is 6.08 Å². The fourth-order valence-electron chi connectivity index (χ4n) is 7.92. The van der Waals surface area contributed by atoms with Crippen molar-refractivity contribution in [3.63, 3.8) is 0 Å². The van der Waals surface area contributed by atoms with Crippen molar-refractivity contribution in [3.05, 3.63) is 40.4 Å². The van der Waals surface area contributed by atoms with E-state index in [0.717, 1.165) is 28.6 Å². The lowest BCUT2D eigenvalue weighted by Gasteiger charge is -2.32. The number of rotatable bonds is 25. The van der Waals surface area contributed by atoms with Crippen LogP contribution in [0.3, 0.4) is 0 Å². The van der Waals surface area contributed by atoms with Crippen molar-refractivity contribution < 1.29 is 87.2 Å². The van der Waals surface area contributed by atoms with E-state index in [0.29, 0.717) is 91.1 Å². The molecule has 27 heteroatoms. The van der Waals surface area contributed by atoms with Crippen LogP contribution >= 0.6 is 0 Å². The Morgan fingerprint density at radius 1 is 0.943 bits per heavy atom. The number of carboxylic acids is 1. The SMILES string of the molecule is CCCC1=CC(CCC(=O)NC(=O)NC(CS(=O)(=O)[O-])C(=O)NCCN(C)CCCCCC(=O)ON2C(=O)CCC2=O)=[N+]2C1=Cc1c(CCC)cc(CCC[N+](C)(C)C)n1[B-]2(F)F.O=C(O)C(F)(F)F. The summed E-state index contributed by atoms with van der Waals surface area (Å²) >= 11 is 0. The number of nitrogens with one attached hydrogen (secondary N) is 3. The molecule has 1 aromatic heterocycles. The van der Waals surface area contributed by atoms with Crippen LogP contribution in [0.1, 0.15) is 108 Å². The number of allylic oxidation sites excluding steroid dienone is 2. The second-order valence-corrected chi connectivity index (χ2v) is 19.7. The zero-order valence-corrected chi connectivity index (χ0v) is 41.1. The van der Waals surface area contributed by atoms with Gasteiger partial charge in [-0.2, -0.15) is 13.2 Å². The van der Waals surface area contributed by atoms with Gasteiger partial charge in [0.1, 0.15) is 11.8 Å². The first-order valence-electron chi connectivity index (χ1n) is 23.0. The van der Waals surface area contributed by atoms with Gasteiger partial charge in [0, 0.05) is 75.0 Å². The standard InChI is InChI=1S/C41H63BF2N8O10S.C2HF3O2/c1-7-13-29-25-31(15-12-24-52(4,5)6)49-34(29)27-35-30(14-8-2)26-32(50(35)42(49,43)44)17-18-36(53)47-41(58)46-33(28-63(59,60)61)40(57)45-21-23-48(3)22-11-9-10-16-39(56)62-51-37(54)19-20-38(51)55;3-2(4,5)1(6)7/h25-27,33H,7-24,28H2,1-6H3,(H3-,45,46,47,53,57,58,59,60,61);(H,6,7). The van der Waals surface area contributed by atoms with Crippen molar-refractivity contribution in [2.75, 3.05) is 60.1 Å². The number of halogens is 5. The number of hydroxylamine groups is 2. The van der Waals surface area contributed by atoms with E-state index in [2.05, 4.69) is 31.8 Å². The molecule has 1 aromatic rings. The van der Waals surface area contributed by atoms with Crippen LogP contribution in [0.4, 0.5) is 26.6 Å². The first kappa shape index (κ1) is 58.8. The fraction of sp³-hybridized carbons (Fsp3) is 0.628. The van der Waals surface area contributed by atoms with Gasteiger partial charge in [0.25, 0.3) is 11.8 Å². The number of quaternary nitrogens is 1. The normalized spacial score (nSPS) is 15.9. The Hall–Kier alpha value is -5.54. The van der Waals surface area contributed by atoms with Gasteiger partial charge in [-0.3, -0.25) is 24.5 Å². The second-order valence-electron chi connectivity index (χ2n) is 18.2. The van der Waals surface area contributed by atoms with Gasteiger partial charge in [-0.15, -0.1) is 5.06 Å². The van der Waals surface area contributed by atoms with Crippen molar-refractivity contribution in [1.82, 2.24) is 30.4 Å². The molecular formula is C43H64BF5N8O12S. The second kappa shape index (κ2) is 25.5. The molecule has 0 spiro atoms. The Balaban J connectivity index is 0.00000171. The molecule has 392 valence electrons. The lowest BCUT2D eigenvalue weighted by Crippen LogP contribution is -2.54. The molecule has 4 rings (SSSR count). The third-order valence-electron chi connectivity index (χ3n) is 11.2. The van der Waals surface area contributed by atoms with Crippen LogP contribution in [0.5, 0.6) is 0 Å². The van der Waals surface area contributed by atoms with E-state index in [1.165, 1.54) is 4.48 Å². The summed E-state index contributed by atoms with van der Waals surface area (Å²) in [5, 5.41) is 14.2. The van der Waals surface area contributed by atoms with Gasteiger partial charge in [-0.1, -0.05) is 33.1 Å². The quantitative estimate of drug-likeness (QED) is 0.0275. The maximum absolute atomic E-state index is 16.9. The van der Waals surface area contributed by atoms with Crippen molar-refractivity contribution in [1.29, 1.82) is 0 Å². The average molecular weight is 1020 g/mol. The topological polar surface area (TPSA) is 257 Å². The number of amides is 6. The Kier molecular flexibility index (Phi) is 21.4. The Morgan fingerprint density at radius 3 is 2.14 bits per heavy atom. The molecule has 70 heavy (non-hydrogen) atoms. The highest BCUT2D eigenvalue weighted by molar-refractivity contribution is 7.85.